The van der Waals surface area contributed by atoms with Crippen LogP contribution in [0.3, 0.4) is 0 Å². The lowest BCUT2D eigenvalue weighted by atomic mass is 10.2. The molecule has 0 aliphatic carbocycles. The number of methoxy groups -OCH3 is 1. The van der Waals surface area contributed by atoms with Crippen molar-refractivity contribution >= 4 is 0 Å². The molecule has 0 amide bonds. The zero-order chi connectivity index (χ0) is 15.5. The van der Waals surface area contributed by atoms with Gasteiger partial charge in [0.15, 0.2) is 0 Å². The van der Waals surface area contributed by atoms with E-state index in [-0.39, 0.29) is 0 Å². The highest BCUT2D eigenvalue weighted by molar-refractivity contribution is 5.28. The summed E-state index contributed by atoms with van der Waals surface area (Å²) in [6.07, 6.45) is 3.84. The molecule has 0 heterocycles. The number of benzene rings is 1. The monoisotopic (exact) mass is 292 g/mol. The van der Waals surface area contributed by atoms with Gasteiger partial charge in [-0.2, -0.15) is 0 Å². The van der Waals surface area contributed by atoms with Gasteiger partial charge in [0.2, 0.25) is 0 Å². The molecule has 0 fully saturated rings. The van der Waals surface area contributed by atoms with Crippen LogP contribution in [0.4, 0.5) is 0 Å². The fraction of sp³-hybridized carbons (Fsp3) is 0.667. The van der Waals surface area contributed by atoms with Crippen LogP contribution in [-0.4, -0.2) is 38.7 Å². The summed E-state index contributed by atoms with van der Waals surface area (Å²) in [7, 11) is 3.91. The molecule has 0 saturated heterocycles. The summed E-state index contributed by atoms with van der Waals surface area (Å²) in [6.45, 7) is 8.93. The number of ether oxygens (including phenoxy) is 1. The molecule has 21 heavy (non-hydrogen) atoms. The Morgan fingerprint density at radius 3 is 2.71 bits per heavy atom. The number of hydrogen-bond donors (Lipinski definition) is 1. The lowest BCUT2D eigenvalue weighted by Gasteiger charge is -2.17. The molecule has 1 aromatic rings. The predicted molar refractivity (Wildman–Crippen MR) is 90.9 cm³/mol. The third-order valence-corrected chi connectivity index (χ3v) is 3.53. The molecular weight excluding hydrogens is 260 g/mol. The lowest BCUT2D eigenvalue weighted by molar-refractivity contribution is 0.316. The van der Waals surface area contributed by atoms with Crippen LogP contribution in [0.15, 0.2) is 24.3 Å². The van der Waals surface area contributed by atoms with Gasteiger partial charge in [-0.1, -0.05) is 32.4 Å². The van der Waals surface area contributed by atoms with Gasteiger partial charge in [0.1, 0.15) is 5.75 Å². The fourth-order valence-corrected chi connectivity index (χ4v) is 2.36. The highest BCUT2D eigenvalue weighted by atomic mass is 16.5. The van der Waals surface area contributed by atoms with E-state index in [0.29, 0.717) is 0 Å². The van der Waals surface area contributed by atoms with Gasteiger partial charge >= 0.3 is 0 Å². The maximum absolute atomic E-state index is 5.26. The molecule has 1 aromatic carbocycles. The van der Waals surface area contributed by atoms with Crippen LogP contribution in [0.2, 0.25) is 0 Å². The predicted octanol–water partition coefficient (Wildman–Crippen LogP) is 3.54. The van der Waals surface area contributed by atoms with E-state index >= 15 is 0 Å². The maximum atomic E-state index is 5.26. The van der Waals surface area contributed by atoms with E-state index in [1.54, 1.807) is 7.11 Å². The average Bonchev–Trinajstić information content (AvgIpc) is 2.46. The molecule has 0 radical (unpaired) electrons. The Kier molecular flexibility index (Phi) is 9.11. The topological polar surface area (TPSA) is 24.5 Å². The second-order valence-electron chi connectivity index (χ2n) is 6.25. The molecule has 0 aromatic heterocycles. The van der Waals surface area contributed by atoms with Crippen molar-refractivity contribution in [2.45, 2.75) is 39.7 Å². The molecular formula is C18H32N2O. The molecule has 0 aliphatic heterocycles. The number of nitrogens with zero attached hydrogens (tertiary/aromatic N) is 1. The van der Waals surface area contributed by atoms with Crippen molar-refractivity contribution < 1.29 is 4.74 Å². The highest BCUT2D eigenvalue weighted by Crippen LogP contribution is 2.14. The van der Waals surface area contributed by atoms with E-state index in [0.717, 1.165) is 37.8 Å². The van der Waals surface area contributed by atoms with Gasteiger partial charge in [-0.05, 0) is 63.1 Å². The van der Waals surface area contributed by atoms with Crippen molar-refractivity contribution in [3.63, 3.8) is 0 Å². The summed E-state index contributed by atoms with van der Waals surface area (Å²) in [5.74, 6) is 1.69. The zero-order valence-corrected chi connectivity index (χ0v) is 14.2. The van der Waals surface area contributed by atoms with Gasteiger partial charge in [-0.3, -0.25) is 0 Å². The van der Waals surface area contributed by atoms with E-state index < -0.39 is 0 Å². The third-order valence-electron chi connectivity index (χ3n) is 3.53. The van der Waals surface area contributed by atoms with Gasteiger partial charge in [-0.15, -0.1) is 0 Å². The molecule has 0 atom stereocenters. The highest BCUT2D eigenvalue weighted by Gasteiger charge is 2.02. The summed E-state index contributed by atoms with van der Waals surface area (Å²) in [4.78, 5) is 2.39. The van der Waals surface area contributed by atoms with Gasteiger partial charge in [0.05, 0.1) is 7.11 Å². The Morgan fingerprint density at radius 2 is 2.00 bits per heavy atom. The first-order chi connectivity index (χ1) is 10.1. The SMILES string of the molecule is COc1cccc(CN(C)CCCCCNCC(C)C)c1. The van der Waals surface area contributed by atoms with Crippen molar-refractivity contribution in [3.05, 3.63) is 29.8 Å². The van der Waals surface area contributed by atoms with E-state index in [1.807, 2.05) is 6.07 Å². The van der Waals surface area contributed by atoms with Crippen molar-refractivity contribution in [2.75, 3.05) is 33.8 Å². The zero-order valence-electron chi connectivity index (χ0n) is 14.2. The molecule has 0 saturated carbocycles. The van der Waals surface area contributed by atoms with Gasteiger partial charge in [0.25, 0.3) is 0 Å². The Hall–Kier alpha value is -1.06. The van der Waals surface area contributed by atoms with Crippen LogP contribution in [0, 0.1) is 5.92 Å². The molecule has 1 rings (SSSR count). The normalized spacial score (nSPS) is 11.3. The Morgan fingerprint density at radius 1 is 1.19 bits per heavy atom. The first-order valence-electron chi connectivity index (χ1n) is 8.14. The van der Waals surface area contributed by atoms with Crippen molar-refractivity contribution in [1.29, 1.82) is 0 Å². The van der Waals surface area contributed by atoms with Crippen LogP contribution >= 0.6 is 0 Å². The number of nitrogens with one attached hydrogen (secondary N) is 1. The van der Waals surface area contributed by atoms with Crippen molar-refractivity contribution in [2.24, 2.45) is 5.92 Å². The first-order valence-corrected chi connectivity index (χ1v) is 8.14. The molecule has 0 unspecified atom stereocenters. The smallest absolute Gasteiger partial charge is 0.119 e. The minimum atomic E-state index is 0.749. The first kappa shape index (κ1) is 18.0. The Balaban J connectivity index is 2.09. The second kappa shape index (κ2) is 10.6. The van der Waals surface area contributed by atoms with Gasteiger partial charge < -0.3 is 15.0 Å². The largest absolute Gasteiger partial charge is 0.497 e. The summed E-state index contributed by atoms with van der Waals surface area (Å²) < 4.78 is 5.26. The van der Waals surface area contributed by atoms with Crippen LogP contribution in [0.25, 0.3) is 0 Å². The second-order valence-corrected chi connectivity index (χ2v) is 6.25. The quantitative estimate of drug-likeness (QED) is 0.631. The molecule has 120 valence electrons. The minimum Gasteiger partial charge on any atom is -0.497 e. The lowest BCUT2D eigenvalue weighted by Crippen LogP contribution is -2.21. The maximum Gasteiger partial charge on any atom is 0.119 e. The van der Waals surface area contributed by atoms with Gasteiger partial charge in [0, 0.05) is 6.54 Å². The van der Waals surface area contributed by atoms with Crippen molar-refractivity contribution in [1.82, 2.24) is 10.2 Å². The van der Waals surface area contributed by atoms with Crippen molar-refractivity contribution in [3.8, 4) is 5.75 Å². The fourth-order valence-electron chi connectivity index (χ4n) is 2.36. The Labute approximate surface area is 130 Å². The number of hydrogen-bond acceptors (Lipinski definition) is 3. The van der Waals surface area contributed by atoms with E-state index in [1.165, 1.54) is 24.8 Å². The standard InChI is InChI=1S/C18H32N2O/c1-16(2)14-19-11-6-5-7-12-20(3)15-17-9-8-10-18(13-17)21-4/h8-10,13,16,19H,5-7,11-12,14-15H2,1-4H3. The van der Waals surface area contributed by atoms with Gasteiger partial charge in [-0.25, -0.2) is 0 Å². The summed E-state index contributed by atoms with van der Waals surface area (Å²) in [6, 6.07) is 8.33. The van der Waals surface area contributed by atoms with Crippen LogP contribution in [0.5, 0.6) is 5.75 Å². The summed E-state index contributed by atoms with van der Waals surface area (Å²) in [5, 5.41) is 3.50. The Bertz CT molecular complexity index is 379. The third kappa shape index (κ3) is 8.74. The summed E-state index contributed by atoms with van der Waals surface area (Å²) in [5.41, 5.74) is 1.32. The van der Waals surface area contributed by atoms with E-state index in [4.69, 9.17) is 4.74 Å². The van der Waals surface area contributed by atoms with E-state index in [2.05, 4.69) is 49.3 Å². The minimum absolute atomic E-state index is 0.749. The molecule has 0 bridgehead atoms. The van der Waals surface area contributed by atoms with E-state index in [9.17, 15) is 0 Å². The average molecular weight is 292 g/mol. The molecule has 1 N–H and O–H groups in total. The van der Waals surface area contributed by atoms with Crippen LogP contribution in [-0.2, 0) is 6.54 Å². The molecule has 0 spiro atoms. The van der Waals surface area contributed by atoms with Crippen LogP contribution in [0.1, 0.15) is 38.7 Å². The summed E-state index contributed by atoms with van der Waals surface area (Å²) >= 11 is 0. The van der Waals surface area contributed by atoms with Crippen LogP contribution < -0.4 is 10.1 Å². The molecule has 0 aliphatic rings. The molecule has 3 heteroatoms. The number of rotatable bonds is 11. The molecule has 3 nitrogen and oxygen atoms in total. The number of unbranched alkanes of at least 4 members (excludes halogenated alkanes) is 2.